The zero-order valence-corrected chi connectivity index (χ0v) is 17.1. The molecule has 8 nitrogen and oxygen atoms in total. The highest BCUT2D eigenvalue weighted by Gasteiger charge is 2.40. The maximum absolute atomic E-state index is 13.2. The maximum Gasteiger partial charge on any atom is 0.387 e. The molecule has 2 aromatic rings. The quantitative estimate of drug-likeness (QED) is 0.722. The second kappa shape index (κ2) is 8.67. The Labute approximate surface area is 177 Å². The van der Waals surface area contributed by atoms with E-state index in [1.165, 1.54) is 46.8 Å². The molecule has 1 N–H and O–H groups in total. The normalized spacial score (nSPS) is 18.7. The lowest BCUT2D eigenvalue weighted by molar-refractivity contribution is -0.119. The van der Waals surface area contributed by atoms with Gasteiger partial charge in [0.05, 0.1) is 4.90 Å². The number of anilines is 1. The van der Waals surface area contributed by atoms with Gasteiger partial charge in [-0.05, 0) is 49.2 Å². The SMILES string of the molecule is O=C(Nc1ccc(OC(F)F)cc1)C1CCCN1S(=O)(=O)c1ccc2c(c1)OCCO2. The van der Waals surface area contributed by atoms with Gasteiger partial charge in [-0.2, -0.15) is 13.1 Å². The van der Waals surface area contributed by atoms with E-state index < -0.39 is 28.6 Å². The molecule has 1 saturated heterocycles. The van der Waals surface area contributed by atoms with Crippen LogP contribution in [0, 0.1) is 0 Å². The molecule has 0 saturated carbocycles. The summed E-state index contributed by atoms with van der Waals surface area (Å²) in [5, 5.41) is 2.64. The summed E-state index contributed by atoms with van der Waals surface area (Å²) in [4.78, 5) is 12.8. The van der Waals surface area contributed by atoms with Crippen LogP contribution in [0.1, 0.15) is 12.8 Å². The fraction of sp³-hybridized carbons (Fsp3) is 0.350. The molecule has 0 aliphatic carbocycles. The third-order valence-corrected chi connectivity index (χ3v) is 6.88. The van der Waals surface area contributed by atoms with Crippen molar-refractivity contribution in [2.24, 2.45) is 0 Å². The summed E-state index contributed by atoms with van der Waals surface area (Å²) in [6.45, 7) is -2.02. The van der Waals surface area contributed by atoms with Gasteiger partial charge < -0.3 is 19.5 Å². The minimum atomic E-state index is -3.95. The van der Waals surface area contributed by atoms with E-state index in [9.17, 15) is 22.0 Å². The fourth-order valence-corrected chi connectivity index (χ4v) is 5.23. The average molecular weight is 454 g/mol. The molecule has 2 aliphatic heterocycles. The lowest BCUT2D eigenvalue weighted by Gasteiger charge is -2.24. The van der Waals surface area contributed by atoms with Crippen molar-refractivity contribution < 1.29 is 36.2 Å². The number of hydrogen-bond donors (Lipinski definition) is 1. The van der Waals surface area contributed by atoms with Crippen molar-refractivity contribution in [3.8, 4) is 17.2 Å². The molecule has 31 heavy (non-hydrogen) atoms. The van der Waals surface area contributed by atoms with E-state index in [4.69, 9.17) is 9.47 Å². The van der Waals surface area contributed by atoms with E-state index in [1.807, 2.05) is 0 Å². The van der Waals surface area contributed by atoms with Gasteiger partial charge in [-0.1, -0.05) is 0 Å². The van der Waals surface area contributed by atoms with Crippen LogP contribution in [0.4, 0.5) is 14.5 Å². The zero-order chi connectivity index (χ0) is 22.0. The molecule has 0 spiro atoms. The summed E-state index contributed by atoms with van der Waals surface area (Å²) in [6.07, 6.45) is 0.894. The minimum absolute atomic E-state index is 0.0185. The Morgan fingerprint density at radius 1 is 1.10 bits per heavy atom. The molecule has 1 unspecified atom stereocenters. The molecular weight excluding hydrogens is 434 g/mol. The number of ether oxygens (including phenoxy) is 3. The van der Waals surface area contributed by atoms with Crippen molar-refractivity contribution >= 4 is 21.6 Å². The fourth-order valence-electron chi connectivity index (χ4n) is 3.55. The third kappa shape index (κ3) is 4.57. The summed E-state index contributed by atoms with van der Waals surface area (Å²) in [7, 11) is -3.95. The number of carbonyl (C=O) groups is 1. The van der Waals surface area contributed by atoms with Gasteiger partial charge in [0.2, 0.25) is 15.9 Å². The van der Waals surface area contributed by atoms with E-state index in [-0.39, 0.29) is 17.2 Å². The van der Waals surface area contributed by atoms with Gasteiger partial charge in [-0.25, -0.2) is 8.42 Å². The molecule has 0 aromatic heterocycles. The largest absolute Gasteiger partial charge is 0.486 e. The number of nitrogens with zero attached hydrogens (tertiary/aromatic N) is 1. The number of alkyl halides is 2. The van der Waals surface area contributed by atoms with Crippen LogP contribution in [0.2, 0.25) is 0 Å². The van der Waals surface area contributed by atoms with E-state index in [0.717, 1.165) is 0 Å². The smallest absolute Gasteiger partial charge is 0.387 e. The first-order chi connectivity index (χ1) is 14.8. The van der Waals surface area contributed by atoms with E-state index in [2.05, 4.69) is 10.1 Å². The molecule has 1 amide bonds. The van der Waals surface area contributed by atoms with Crippen LogP contribution in [-0.4, -0.2) is 51.0 Å². The molecule has 166 valence electrons. The van der Waals surface area contributed by atoms with Crippen molar-refractivity contribution in [2.45, 2.75) is 30.4 Å². The standard InChI is InChI=1S/C20H20F2N2O6S/c21-20(22)30-14-5-3-13(4-6-14)23-19(25)16-2-1-9-24(16)31(26,27)15-7-8-17-18(12-15)29-11-10-28-17/h3-8,12,16,20H,1-2,9-11H2,(H,23,25). The Kier molecular flexibility index (Phi) is 5.96. The summed E-state index contributed by atoms with van der Waals surface area (Å²) in [6, 6.07) is 8.87. The molecular formula is C20H20F2N2O6S. The number of rotatable bonds is 6. The van der Waals surface area contributed by atoms with Gasteiger partial charge in [-0.15, -0.1) is 0 Å². The van der Waals surface area contributed by atoms with Crippen LogP contribution >= 0.6 is 0 Å². The van der Waals surface area contributed by atoms with E-state index in [1.54, 1.807) is 0 Å². The molecule has 2 aliphatic rings. The number of halogens is 2. The van der Waals surface area contributed by atoms with Gasteiger partial charge >= 0.3 is 6.61 Å². The highest BCUT2D eigenvalue weighted by molar-refractivity contribution is 7.89. The second-order valence-electron chi connectivity index (χ2n) is 6.97. The van der Waals surface area contributed by atoms with Crippen LogP contribution in [0.25, 0.3) is 0 Å². The third-order valence-electron chi connectivity index (χ3n) is 4.97. The Morgan fingerprint density at radius 2 is 1.81 bits per heavy atom. The summed E-state index contributed by atoms with van der Waals surface area (Å²) >= 11 is 0. The first-order valence-electron chi connectivity index (χ1n) is 9.62. The van der Waals surface area contributed by atoms with Gasteiger partial charge in [-0.3, -0.25) is 4.79 Å². The van der Waals surface area contributed by atoms with Crippen molar-refractivity contribution in [1.82, 2.24) is 4.31 Å². The Morgan fingerprint density at radius 3 is 2.52 bits per heavy atom. The van der Waals surface area contributed by atoms with Gasteiger partial charge in [0.1, 0.15) is 25.0 Å². The van der Waals surface area contributed by atoms with Gasteiger partial charge in [0.15, 0.2) is 11.5 Å². The molecule has 4 rings (SSSR count). The van der Waals surface area contributed by atoms with Crippen LogP contribution in [0.5, 0.6) is 17.2 Å². The lowest BCUT2D eigenvalue weighted by Crippen LogP contribution is -2.43. The van der Waals surface area contributed by atoms with Crippen LogP contribution < -0.4 is 19.5 Å². The van der Waals surface area contributed by atoms with Crippen LogP contribution in [0.15, 0.2) is 47.4 Å². The molecule has 2 aromatic carbocycles. The first kappa shape index (κ1) is 21.3. The molecule has 0 radical (unpaired) electrons. The van der Waals surface area contributed by atoms with Crippen molar-refractivity contribution in [3.05, 3.63) is 42.5 Å². The number of benzene rings is 2. The number of amides is 1. The molecule has 0 bridgehead atoms. The monoisotopic (exact) mass is 454 g/mol. The Hall–Kier alpha value is -2.92. The number of hydrogen-bond acceptors (Lipinski definition) is 6. The first-order valence-corrected chi connectivity index (χ1v) is 11.1. The van der Waals surface area contributed by atoms with E-state index in [0.29, 0.717) is 43.2 Å². The van der Waals surface area contributed by atoms with Crippen LogP contribution in [0.3, 0.4) is 0 Å². The molecule has 1 fully saturated rings. The maximum atomic E-state index is 13.2. The van der Waals surface area contributed by atoms with Crippen molar-refractivity contribution in [2.75, 3.05) is 25.1 Å². The number of fused-ring (bicyclic) bond motifs is 1. The predicted octanol–water partition coefficient (Wildman–Crippen LogP) is 2.85. The van der Waals surface area contributed by atoms with Gasteiger partial charge in [0, 0.05) is 18.3 Å². The van der Waals surface area contributed by atoms with Gasteiger partial charge in [0.25, 0.3) is 0 Å². The highest BCUT2D eigenvalue weighted by atomic mass is 32.2. The highest BCUT2D eigenvalue weighted by Crippen LogP contribution is 2.35. The average Bonchev–Trinajstić information content (AvgIpc) is 3.25. The van der Waals surface area contributed by atoms with Crippen molar-refractivity contribution in [1.29, 1.82) is 0 Å². The zero-order valence-electron chi connectivity index (χ0n) is 16.3. The second-order valence-corrected chi connectivity index (χ2v) is 8.86. The van der Waals surface area contributed by atoms with Crippen LogP contribution in [-0.2, 0) is 14.8 Å². The Balaban J connectivity index is 1.49. The van der Waals surface area contributed by atoms with E-state index >= 15 is 0 Å². The topological polar surface area (TPSA) is 94.2 Å². The summed E-state index contributed by atoms with van der Waals surface area (Å²) in [5.74, 6) is 0.275. The number of carbonyl (C=O) groups excluding carboxylic acids is 1. The molecule has 11 heteroatoms. The minimum Gasteiger partial charge on any atom is -0.486 e. The Bertz CT molecular complexity index is 1060. The lowest BCUT2D eigenvalue weighted by atomic mass is 10.2. The summed E-state index contributed by atoms with van der Waals surface area (Å²) in [5.41, 5.74) is 0.343. The predicted molar refractivity (Wildman–Crippen MR) is 106 cm³/mol. The van der Waals surface area contributed by atoms with Crippen molar-refractivity contribution in [3.63, 3.8) is 0 Å². The summed E-state index contributed by atoms with van der Waals surface area (Å²) < 4.78 is 67.2. The number of nitrogens with one attached hydrogen (secondary N) is 1. The molecule has 2 heterocycles. The number of sulfonamides is 1. The molecule has 1 atom stereocenters.